The Bertz CT molecular complexity index is 3150. The van der Waals surface area contributed by atoms with Crippen LogP contribution in [0.25, 0.3) is 82.5 Å². The van der Waals surface area contributed by atoms with Gasteiger partial charge in [0, 0.05) is 38.5 Å². The zero-order valence-corrected chi connectivity index (χ0v) is 29.9. The molecule has 0 radical (unpaired) electrons. The lowest BCUT2D eigenvalue weighted by molar-refractivity contribution is 0.672. The second kappa shape index (κ2) is 12.6. The van der Waals surface area contributed by atoms with Crippen LogP contribution >= 0.6 is 0 Å². The van der Waals surface area contributed by atoms with Crippen LogP contribution in [0.15, 0.2) is 211 Å². The van der Waals surface area contributed by atoms with Gasteiger partial charge < -0.3 is 13.9 Å². The fourth-order valence-electron chi connectivity index (χ4n) is 8.49. The highest BCUT2D eigenvalue weighted by molar-refractivity contribution is 6.20. The molecule has 0 fully saturated rings. The van der Waals surface area contributed by atoms with Gasteiger partial charge in [0.15, 0.2) is 0 Å². The van der Waals surface area contributed by atoms with Crippen molar-refractivity contribution in [3.63, 3.8) is 0 Å². The molecule has 0 amide bonds. The molecule has 0 spiro atoms. The Hall–Kier alpha value is -7.36. The summed E-state index contributed by atoms with van der Waals surface area (Å²) < 4.78 is 9.07. The SMILES string of the molecule is c1ccc(-c2ccccc2N(c2ccc(-c3cccc(-n4c5ccccc5c5ccccc54)c3)cc2)c2cccc3oc4c5ccccc5ccc4c23)cc1. The summed E-state index contributed by atoms with van der Waals surface area (Å²) in [5.41, 5.74) is 13.2. The first-order chi connectivity index (χ1) is 27.3. The van der Waals surface area contributed by atoms with Crippen LogP contribution in [0, 0.1) is 0 Å². The van der Waals surface area contributed by atoms with Gasteiger partial charge in [-0.2, -0.15) is 0 Å². The van der Waals surface area contributed by atoms with Gasteiger partial charge in [-0.05, 0) is 82.7 Å². The first-order valence-corrected chi connectivity index (χ1v) is 18.8. The van der Waals surface area contributed by atoms with Gasteiger partial charge in [-0.25, -0.2) is 0 Å². The molecule has 9 aromatic carbocycles. The van der Waals surface area contributed by atoms with Gasteiger partial charge in [-0.1, -0.05) is 146 Å². The van der Waals surface area contributed by atoms with E-state index in [4.69, 9.17) is 4.42 Å². The normalized spacial score (nSPS) is 11.6. The van der Waals surface area contributed by atoms with E-state index in [1.54, 1.807) is 0 Å². The lowest BCUT2D eigenvalue weighted by atomic mass is 9.99. The number of aromatic nitrogens is 1. The van der Waals surface area contributed by atoms with Crippen LogP contribution < -0.4 is 4.90 Å². The highest BCUT2D eigenvalue weighted by atomic mass is 16.3. The predicted molar refractivity (Wildman–Crippen MR) is 231 cm³/mol. The number of hydrogen-bond acceptors (Lipinski definition) is 2. The smallest absolute Gasteiger partial charge is 0.143 e. The predicted octanol–water partition coefficient (Wildman–Crippen LogP) is 14.6. The van der Waals surface area contributed by atoms with Crippen LogP contribution in [0.1, 0.15) is 0 Å². The van der Waals surface area contributed by atoms with Crippen molar-refractivity contribution in [2.75, 3.05) is 4.90 Å². The summed E-state index contributed by atoms with van der Waals surface area (Å²) >= 11 is 0. The molecule has 55 heavy (non-hydrogen) atoms. The van der Waals surface area contributed by atoms with E-state index in [1.165, 1.54) is 27.2 Å². The summed E-state index contributed by atoms with van der Waals surface area (Å²) in [6, 6.07) is 73.8. The van der Waals surface area contributed by atoms with Gasteiger partial charge in [0.25, 0.3) is 0 Å². The number of benzene rings is 9. The minimum Gasteiger partial charge on any atom is -0.455 e. The van der Waals surface area contributed by atoms with Crippen molar-refractivity contribution in [3.8, 4) is 27.9 Å². The van der Waals surface area contributed by atoms with Crippen molar-refractivity contribution < 1.29 is 4.42 Å². The zero-order valence-electron chi connectivity index (χ0n) is 29.9. The van der Waals surface area contributed by atoms with E-state index in [9.17, 15) is 0 Å². The zero-order chi connectivity index (χ0) is 36.3. The van der Waals surface area contributed by atoms with Gasteiger partial charge in [-0.3, -0.25) is 0 Å². The number of nitrogens with zero attached hydrogens (tertiary/aromatic N) is 2. The molecule has 0 aliphatic heterocycles. The van der Waals surface area contributed by atoms with E-state index in [2.05, 4.69) is 216 Å². The average molecular weight is 703 g/mol. The summed E-state index contributed by atoms with van der Waals surface area (Å²) in [4.78, 5) is 2.40. The van der Waals surface area contributed by atoms with Gasteiger partial charge in [-0.15, -0.1) is 0 Å². The van der Waals surface area contributed by atoms with Gasteiger partial charge >= 0.3 is 0 Å². The topological polar surface area (TPSA) is 21.3 Å². The Morgan fingerprint density at radius 2 is 1.04 bits per heavy atom. The van der Waals surface area contributed by atoms with Crippen molar-refractivity contribution in [1.82, 2.24) is 4.57 Å². The van der Waals surface area contributed by atoms with Crippen molar-refractivity contribution in [2.24, 2.45) is 0 Å². The molecule has 11 aromatic rings. The maximum Gasteiger partial charge on any atom is 0.143 e. The van der Waals surface area contributed by atoms with Crippen molar-refractivity contribution in [1.29, 1.82) is 0 Å². The van der Waals surface area contributed by atoms with Gasteiger partial charge in [0.2, 0.25) is 0 Å². The Kier molecular flexibility index (Phi) is 7.17. The van der Waals surface area contributed by atoms with E-state index in [-0.39, 0.29) is 0 Å². The number of para-hydroxylation sites is 3. The maximum atomic E-state index is 6.69. The molecule has 0 atom stereocenters. The molecule has 0 saturated carbocycles. The largest absolute Gasteiger partial charge is 0.455 e. The van der Waals surface area contributed by atoms with Gasteiger partial charge in [0.05, 0.1) is 27.8 Å². The lowest BCUT2D eigenvalue weighted by Crippen LogP contribution is -2.11. The second-order valence-electron chi connectivity index (χ2n) is 14.1. The number of hydrogen-bond donors (Lipinski definition) is 0. The van der Waals surface area contributed by atoms with Crippen LogP contribution in [-0.4, -0.2) is 4.57 Å². The third-order valence-corrected chi connectivity index (χ3v) is 11.0. The van der Waals surface area contributed by atoms with Crippen LogP contribution in [0.3, 0.4) is 0 Å². The Labute approximate surface area is 318 Å². The minimum atomic E-state index is 0.865. The monoisotopic (exact) mass is 702 g/mol. The number of furan rings is 1. The van der Waals surface area contributed by atoms with Crippen LogP contribution in [0.4, 0.5) is 17.1 Å². The second-order valence-corrected chi connectivity index (χ2v) is 14.1. The summed E-state index contributed by atoms with van der Waals surface area (Å²) in [5.74, 6) is 0. The van der Waals surface area contributed by atoms with E-state index < -0.39 is 0 Å². The quantitative estimate of drug-likeness (QED) is 0.172. The maximum absolute atomic E-state index is 6.69. The number of rotatable bonds is 6. The summed E-state index contributed by atoms with van der Waals surface area (Å²) in [5, 5.41) is 7.00. The lowest BCUT2D eigenvalue weighted by Gasteiger charge is -2.28. The van der Waals surface area contributed by atoms with Gasteiger partial charge in [0.1, 0.15) is 11.2 Å². The molecule has 0 N–H and O–H groups in total. The first kappa shape index (κ1) is 31.2. The summed E-state index contributed by atoms with van der Waals surface area (Å²) in [6.45, 7) is 0. The Morgan fingerprint density at radius 3 is 1.84 bits per heavy atom. The molecule has 258 valence electrons. The molecule has 0 saturated heterocycles. The Morgan fingerprint density at radius 1 is 0.400 bits per heavy atom. The Balaban J connectivity index is 1.08. The van der Waals surface area contributed by atoms with E-state index in [1.807, 2.05) is 0 Å². The molecule has 3 nitrogen and oxygen atoms in total. The van der Waals surface area contributed by atoms with E-state index in [0.717, 1.165) is 72.3 Å². The minimum absolute atomic E-state index is 0.865. The number of fused-ring (bicyclic) bond motifs is 8. The molecule has 0 aliphatic carbocycles. The summed E-state index contributed by atoms with van der Waals surface area (Å²) in [7, 11) is 0. The third-order valence-electron chi connectivity index (χ3n) is 11.0. The van der Waals surface area contributed by atoms with E-state index >= 15 is 0 Å². The first-order valence-electron chi connectivity index (χ1n) is 18.8. The molecule has 11 rings (SSSR count). The summed E-state index contributed by atoms with van der Waals surface area (Å²) in [6.07, 6.45) is 0. The highest BCUT2D eigenvalue weighted by Crippen LogP contribution is 2.47. The fraction of sp³-hybridized carbons (Fsp3) is 0. The van der Waals surface area contributed by atoms with Crippen molar-refractivity contribution in [2.45, 2.75) is 0 Å². The molecule has 0 aliphatic rings. The van der Waals surface area contributed by atoms with Crippen LogP contribution in [0.2, 0.25) is 0 Å². The van der Waals surface area contributed by atoms with Crippen molar-refractivity contribution in [3.05, 3.63) is 206 Å². The molecule has 2 heterocycles. The number of anilines is 3. The van der Waals surface area contributed by atoms with Crippen LogP contribution in [-0.2, 0) is 0 Å². The molecule has 0 bridgehead atoms. The standard InChI is InChI=1S/C52H34N2O/c1-2-14-36(15-3-1)41-19-6-9-23-46(41)53(49-26-13-27-50-51(49)45-33-30-37-16-4-5-20-42(37)52(45)55-50)39-31-28-35(29-32-39)38-17-12-18-40(34-38)54-47-24-10-7-21-43(47)44-22-8-11-25-48(44)54/h1-34H. The molecular weight excluding hydrogens is 669 g/mol. The molecule has 2 aromatic heterocycles. The van der Waals surface area contributed by atoms with Crippen molar-refractivity contribution >= 4 is 71.6 Å². The third kappa shape index (κ3) is 5.05. The highest BCUT2D eigenvalue weighted by Gasteiger charge is 2.22. The molecule has 3 heteroatoms. The molecular formula is C52H34N2O. The average Bonchev–Trinajstić information content (AvgIpc) is 3.82. The van der Waals surface area contributed by atoms with E-state index in [0.29, 0.717) is 0 Å². The molecule has 0 unspecified atom stereocenters. The fourth-order valence-corrected chi connectivity index (χ4v) is 8.49. The van der Waals surface area contributed by atoms with Crippen LogP contribution in [0.5, 0.6) is 0 Å².